The molecule has 1 aliphatic carbocycles. The van der Waals surface area contributed by atoms with Gasteiger partial charge in [-0.25, -0.2) is 4.99 Å². The largest absolute Gasteiger partial charge is 0.508 e. The SMILES string of the molecule is CC1(CCCCCCO)C2=CC(=O)C=CC2=Nc2ccc(O)cc21. The van der Waals surface area contributed by atoms with Crippen molar-refractivity contribution < 1.29 is 15.0 Å². The predicted molar refractivity (Wildman–Crippen MR) is 95.0 cm³/mol. The third-order valence-corrected chi connectivity index (χ3v) is 4.96. The minimum atomic E-state index is -0.342. The van der Waals surface area contributed by atoms with Crippen molar-refractivity contribution >= 4 is 17.2 Å². The smallest absolute Gasteiger partial charge is 0.179 e. The first-order chi connectivity index (χ1) is 11.5. The molecule has 1 aromatic rings. The van der Waals surface area contributed by atoms with Crippen molar-refractivity contribution in [1.82, 2.24) is 0 Å². The lowest BCUT2D eigenvalue weighted by Crippen LogP contribution is -2.33. The molecule has 1 aliphatic heterocycles. The third-order valence-electron chi connectivity index (χ3n) is 4.96. The number of aliphatic hydroxyl groups excluding tert-OH is 1. The number of allylic oxidation sites excluding steroid dienone is 4. The molecule has 1 unspecified atom stereocenters. The number of aliphatic hydroxyl groups is 1. The summed E-state index contributed by atoms with van der Waals surface area (Å²) in [6.07, 6.45) is 9.75. The summed E-state index contributed by atoms with van der Waals surface area (Å²) in [7, 11) is 0. The molecule has 0 fully saturated rings. The van der Waals surface area contributed by atoms with Crippen molar-refractivity contribution in [2.75, 3.05) is 6.61 Å². The minimum Gasteiger partial charge on any atom is -0.508 e. The van der Waals surface area contributed by atoms with E-state index in [9.17, 15) is 9.90 Å². The van der Waals surface area contributed by atoms with Gasteiger partial charge in [0.2, 0.25) is 0 Å². The Balaban J connectivity index is 1.96. The maximum absolute atomic E-state index is 11.9. The zero-order chi connectivity index (χ0) is 17.2. The molecule has 0 bridgehead atoms. The van der Waals surface area contributed by atoms with Crippen molar-refractivity contribution in [3.05, 3.63) is 47.6 Å². The molecule has 2 aliphatic rings. The summed E-state index contributed by atoms with van der Waals surface area (Å²) in [4.78, 5) is 16.6. The first kappa shape index (κ1) is 16.7. The van der Waals surface area contributed by atoms with Gasteiger partial charge < -0.3 is 10.2 Å². The van der Waals surface area contributed by atoms with Crippen molar-refractivity contribution in [3.63, 3.8) is 0 Å². The second-order valence-electron chi connectivity index (χ2n) is 6.71. The van der Waals surface area contributed by atoms with E-state index in [-0.39, 0.29) is 23.6 Å². The highest BCUT2D eigenvalue weighted by atomic mass is 16.3. The average molecular weight is 325 g/mol. The molecule has 24 heavy (non-hydrogen) atoms. The molecule has 126 valence electrons. The number of fused-ring (bicyclic) bond motifs is 2. The van der Waals surface area contributed by atoms with Crippen LogP contribution in [0, 0.1) is 0 Å². The van der Waals surface area contributed by atoms with E-state index in [1.54, 1.807) is 30.4 Å². The standard InChI is InChI=1S/C20H23NO3/c1-20(10-4-2-3-5-11-22)16-12-14(23)6-8-18(16)21-19-9-7-15(24)13-17(19)20/h6-9,12-13,22-23H,2-5,10-11H2,1H3. The van der Waals surface area contributed by atoms with E-state index in [0.29, 0.717) is 0 Å². The van der Waals surface area contributed by atoms with Crippen LogP contribution in [0.1, 0.15) is 44.6 Å². The van der Waals surface area contributed by atoms with Crippen LogP contribution in [0.3, 0.4) is 0 Å². The molecule has 0 amide bonds. The fraction of sp³-hybridized carbons (Fsp3) is 0.400. The Hall–Kier alpha value is -2.20. The van der Waals surface area contributed by atoms with E-state index in [2.05, 4.69) is 11.9 Å². The second-order valence-corrected chi connectivity index (χ2v) is 6.71. The number of aliphatic imine (C=N–C) groups is 1. The van der Waals surface area contributed by atoms with Crippen molar-refractivity contribution in [3.8, 4) is 5.75 Å². The Morgan fingerprint density at radius 3 is 2.71 bits per heavy atom. The van der Waals surface area contributed by atoms with Crippen LogP contribution in [0.25, 0.3) is 0 Å². The summed E-state index contributed by atoms with van der Waals surface area (Å²) in [6.45, 7) is 2.36. The van der Waals surface area contributed by atoms with Crippen molar-refractivity contribution in [2.45, 2.75) is 44.4 Å². The van der Waals surface area contributed by atoms with Crippen LogP contribution in [0.15, 0.2) is 47.0 Å². The van der Waals surface area contributed by atoms with Gasteiger partial charge >= 0.3 is 0 Å². The molecular weight excluding hydrogens is 302 g/mol. The van der Waals surface area contributed by atoms with Crippen LogP contribution in [-0.4, -0.2) is 28.3 Å². The molecule has 3 rings (SSSR count). The van der Waals surface area contributed by atoms with E-state index in [4.69, 9.17) is 5.11 Å². The number of phenolic OH excluding ortho intramolecular Hbond substituents is 1. The van der Waals surface area contributed by atoms with E-state index in [0.717, 1.165) is 54.6 Å². The van der Waals surface area contributed by atoms with E-state index < -0.39 is 0 Å². The highest BCUT2D eigenvalue weighted by Gasteiger charge is 2.39. The van der Waals surface area contributed by atoms with Gasteiger partial charge in [0, 0.05) is 12.0 Å². The van der Waals surface area contributed by atoms with Crippen LogP contribution in [0.2, 0.25) is 0 Å². The lowest BCUT2D eigenvalue weighted by Gasteiger charge is -2.38. The Morgan fingerprint density at radius 2 is 1.92 bits per heavy atom. The van der Waals surface area contributed by atoms with Crippen LogP contribution in [-0.2, 0) is 10.2 Å². The fourth-order valence-corrected chi connectivity index (χ4v) is 3.61. The molecule has 0 radical (unpaired) electrons. The lowest BCUT2D eigenvalue weighted by molar-refractivity contribution is -0.110. The summed E-state index contributed by atoms with van der Waals surface area (Å²) in [5.74, 6) is 0.205. The molecule has 1 atom stereocenters. The van der Waals surface area contributed by atoms with Gasteiger partial charge in [-0.05, 0) is 60.4 Å². The quantitative estimate of drug-likeness (QED) is 0.618. The molecule has 4 heteroatoms. The minimum absolute atomic E-state index is 0.0148. The first-order valence-corrected chi connectivity index (χ1v) is 8.52. The van der Waals surface area contributed by atoms with Crippen LogP contribution >= 0.6 is 0 Å². The number of phenols is 1. The highest BCUT2D eigenvalue weighted by molar-refractivity contribution is 6.22. The molecular formula is C20H23NO3. The number of unbranched alkanes of at least 4 members (excludes halogenated alkanes) is 3. The second kappa shape index (κ2) is 6.73. The van der Waals surface area contributed by atoms with Gasteiger partial charge in [0.05, 0.1) is 11.4 Å². The van der Waals surface area contributed by atoms with E-state index >= 15 is 0 Å². The summed E-state index contributed by atoms with van der Waals surface area (Å²) < 4.78 is 0. The summed E-state index contributed by atoms with van der Waals surface area (Å²) >= 11 is 0. The predicted octanol–water partition coefficient (Wildman–Crippen LogP) is 3.74. The zero-order valence-electron chi connectivity index (χ0n) is 14.0. The number of hydrogen-bond donors (Lipinski definition) is 2. The van der Waals surface area contributed by atoms with Crippen LogP contribution in [0.4, 0.5) is 5.69 Å². The van der Waals surface area contributed by atoms with Gasteiger partial charge in [-0.3, -0.25) is 4.79 Å². The number of rotatable bonds is 6. The molecule has 0 aromatic heterocycles. The number of benzene rings is 1. The number of ketones is 1. The van der Waals surface area contributed by atoms with E-state index in [1.807, 2.05) is 6.07 Å². The van der Waals surface area contributed by atoms with Crippen molar-refractivity contribution in [2.24, 2.45) is 4.99 Å². The lowest BCUT2D eigenvalue weighted by atomic mass is 9.67. The van der Waals surface area contributed by atoms with Gasteiger partial charge in [0.15, 0.2) is 5.78 Å². The molecule has 0 saturated heterocycles. The summed E-state index contributed by atoms with van der Waals surface area (Å²) in [6, 6.07) is 5.26. The third kappa shape index (κ3) is 3.06. The number of carbonyl (C=O) groups excluding carboxylic acids is 1. The number of aromatic hydroxyl groups is 1. The van der Waals surface area contributed by atoms with Gasteiger partial charge in [0.25, 0.3) is 0 Å². The number of carbonyl (C=O) groups is 1. The fourth-order valence-electron chi connectivity index (χ4n) is 3.61. The topological polar surface area (TPSA) is 69.9 Å². The monoisotopic (exact) mass is 325 g/mol. The Labute approximate surface area is 142 Å². The summed E-state index contributed by atoms with van der Waals surface area (Å²) in [5, 5.41) is 18.8. The van der Waals surface area contributed by atoms with Gasteiger partial charge in [0.1, 0.15) is 5.75 Å². The van der Waals surface area contributed by atoms with Gasteiger partial charge in [-0.1, -0.05) is 26.2 Å². The number of nitrogens with zero attached hydrogens (tertiary/aromatic N) is 1. The zero-order valence-corrected chi connectivity index (χ0v) is 14.0. The molecule has 2 N–H and O–H groups in total. The Morgan fingerprint density at radius 1 is 1.12 bits per heavy atom. The average Bonchev–Trinajstić information content (AvgIpc) is 2.57. The van der Waals surface area contributed by atoms with Gasteiger partial charge in [-0.2, -0.15) is 0 Å². The maximum Gasteiger partial charge on any atom is 0.179 e. The highest BCUT2D eigenvalue weighted by Crippen LogP contribution is 2.47. The molecule has 0 saturated carbocycles. The van der Waals surface area contributed by atoms with Gasteiger partial charge in [-0.15, -0.1) is 0 Å². The normalized spacial score (nSPS) is 21.8. The summed E-state index contributed by atoms with van der Waals surface area (Å²) in [5.41, 5.74) is 3.27. The Bertz CT molecular complexity index is 745. The molecule has 1 aromatic carbocycles. The van der Waals surface area contributed by atoms with E-state index in [1.165, 1.54) is 0 Å². The van der Waals surface area contributed by atoms with Crippen molar-refractivity contribution in [1.29, 1.82) is 0 Å². The Kier molecular flexibility index (Phi) is 4.67. The maximum atomic E-state index is 11.9. The number of hydrogen-bond acceptors (Lipinski definition) is 4. The van der Waals surface area contributed by atoms with Crippen LogP contribution in [0.5, 0.6) is 5.75 Å². The first-order valence-electron chi connectivity index (χ1n) is 8.52. The molecule has 4 nitrogen and oxygen atoms in total. The molecule has 1 heterocycles. The molecule has 0 spiro atoms. The van der Waals surface area contributed by atoms with Crippen LogP contribution < -0.4 is 0 Å².